The third-order valence-corrected chi connectivity index (χ3v) is 3.48. The van der Waals surface area contributed by atoms with Crippen LogP contribution in [0.4, 0.5) is 11.4 Å². The minimum atomic E-state index is -0.176. The van der Waals surface area contributed by atoms with Gasteiger partial charge in [0, 0.05) is 30.1 Å². The highest BCUT2D eigenvalue weighted by atomic mass is 35.5. The van der Waals surface area contributed by atoms with E-state index in [9.17, 15) is 4.79 Å². The van der Waals surface area contributed by atoms with Crippen molar-refractivity contribution < 1.29 is 9.53 Å². The Balaban J connectivity index is 2.19. The number of aryl methyl sites for hydroxylation is 1. The molecule has 0 bridgehead atoms. The number of hydrogen-bond donors (Lipinski definition) is 2. The first-order valence-electron chi connectivity index (χ1n) is 6.48. The number of carbonyl (C=O) groups excluding carboxylic acids is 1. The first-order chi connectivity index (χ1) is 10.0. The van der Waals surface area contributed by atoms with Crippen LogP contribution in [0.15, 0.2) is 36.4 Å². The Morgan fingerprint density at radius 2 is 1.95 bits per heavy atom. The van der Waals surface area contributed by atoms with Crippen LogP contribution in [0.2, 0.25) is 5.02 Å². The summed E-state index contributed by atoms with van der Waals surface area (Å²) in [6.45, 7) is 1.95. The molecule has 0 aromatic heterocycles. The standard InChI is InChI=1S/C16H17ClN2O2/c1-10-8-11(4-7-14(10)18-2)16(20)19-12-5-6-13(17)15(9-12)21-3/h4-9,18H,1-3H3,(H,19,20). The Kier molecular flexibility index (Phi) is 4.70. The molecule has 0 unspecified atom stereocenters. The largest absolute Gasteiger partial charge is 0.495 e. The Hall–Kier alpha value is -2.20. The molecule has 1 amide bonds. The minimum absolute atomic E-state index is 0.176. The lowest BCUT2D eigenvalue weighted by Crippen LogP contribution is -2.12. The number of halogens is 1. The summed E-state index contributed by atoms with van der Waals surface area (Å²) in [4.78, 5) is 12.2. The summed E-state index contributed by atoms with van der Waals surface area (Å²) in [5.41, 5.74) is 3.25. The fourth-order valence-electron chi connectivity index (χ4n) is 2.03. The number of hydrogen-bond acceptors (Lipinski definition) is 3. The smallest absolute Gasteiger partial charge is 0.255 e. The fraction of sp³-hybridized carbons (Fsp3) is 0.188. The maximum Gasteiger partial charge on any atom is 0.255 e. The highest BCUT2D eigenvalue weighted by Crippen LogP contribution is 2.27. The molecular formula is C16H17ClN2O2. The van der Waals surface area contributed by atoms with Crippen molar-refractivity contribution in [3.63, 3.8) is 0 Å². The number of rotatable bonds is 4. The summed E-state index contributed by atoms with van der Waals surface area (Å²) in [7, 11) is 3.38. The van der Waals surface area contributed by atoms with E-state index in [1.165, 1.54) is 7.11 Å². The lowest BCUT2D eigenvalue weighted by atomic mass is 10.1. The van der Waals surface area contributed by atoms with Gasteiger partial charge in [-0.15, -0.1) is 0 Å². The number of benzene rings is 2. The van der Waals surface area contributed by atoms with E-state index in [1.54, 1.807) is 24.3 Å². The Bertz CT molecular complexity index is 671. The molecule has 0 atom stereocenters. The molecule has 5 heteroatoms. The van der Waals surface area contributed by atoms with Crippen LogP contribution in [0.1, 0.15) is 15.9 Å². The van der Waals surface area contributed by atoms with E-state index in [2.05, 4.69) is 10.6 Å². The first kappa shape index (κ1) is 15.2. The van der Waals surface area contributed by atoms with Crippen molar-refractivity contribution in [2.24, 2.45) is 0 Å². The topological polar surface area (TPSA) is 50.4 Å². The van der Waals surface area contributed by atoms with Crippen molar-refractivity contribution in [3.05, 3.63) is 52.5 Å². The SMILES string of the molecule is CNc1ccc(C(=O)Nc2ccc(Cl)c(OC)c2)cc1C. The molecule has 4 nitrogen and oxygen atoms in total. The van der Waals surface area contributed by atoms with Gasteiger partial charge in [0.1, 0.15) is 5.75 Å². The van der Waals surface area contributed by atoms with E-state index in [0.29, 0.717) is 22.0 Å². The van der Waals surface area contributed by atoms with E-state index in [-0.39, 0.29) is 5.91 Å². The second-order valence-electron chi connectivity index (χ2n) is 4.58. The Morgan fingerprint density at radius 3 is 2.57 bits per heavy atom. The van der Waals surface area contributed by atoms with E-state index in [4.69, 9.17) is 16.3 Å². The van der Waals surface area contributed by atoms with Crippen LogP contribution in [0.25, 0.3) is 0 Å². The zero-order valence-electron chi connectivity index (χ0n) is 12.2. The molecule has 0 spiro atoms. The van der Waals surface area contributed by atoms with Crippen LogP contribution >= 0.6 is 11.6 Å². The zero-order chi connectivity index (χ0) is 15.4. The van der Waals surface area contributed by atoms with Crippen LogP contribution in [0, 0.1) is 6.92 Å². The summed E-state index contributed by atoms with van der Waals surface area (Å²) in [6.07, 6.45) is 0. The summed E-state index contributed by atoms with van der Waals surface area (Å²) in [5.74, 6) is 0.348. The van der Waals surface area contributed by atoms with E-state index >= 15 is 0 Å². The number of methoxy groups -OCH3 is 1. The molecule has 0 saturated heterocycles. The van der Waals surface area contributed by atoms with Crippen molar-refractivity contribution >= 4 is 28.9 Å². The number of carbonyl (C=O) groups is 1. The van der Waals surface area contributed by atoms with Gasteiger partial charge in [0.05, 0.1) is 12.1 Å². The van der Waals surface area contributed by atoms with Crippen molar-refractivity contribution in [1.29, 1.82) is 0 Å². The highest BCUT2D eigenvalue weighted by molar-refractivity contribution is 6.32. The van der Waals surface area contributed by atoms with Crippen LogP contribution < -0.4 is 15.4 Å². The Morgan fingerprint density at radius 1 is 1.19 bits per heavy atom. The molecule has 110 valence electrons. The van der Waals surface area contributed by atoms with Gasteiger partial charge in [-0.2, -0.15) is 0 Å². The van der Waals surface area contributed by atoms with Crippen molar-refractivity contribution in [2.75, 3.05) is 24.8 Å². The van der Waals surface area contributed by atoms with Gasteiger partial charge in [0.15, 0.2) is 0 Å². The van der Waals surface area contributed by atoms with Crippen LogP contribution in [0.5, 0.6) is 5.75 Å². The lowest BCUT2D eigenvalue weighted by molar-refractivity contribution is 0.102. The molecular weight excluding hydrogens is 288 g/mol. The molecule has 0 heterocycles. The predicted octanol–water partition coefficient (Wildman–Crippen LogP) is 3.95. The van der Waals surface area contributed by atoms with Crippen LogP contribution in [-0.4, -0.2) is 20.1 Å². The average Bonchev–Trinajstić information content (AvgIpc) is 2.49. The van der Waals surface area contributed by atoms with Crippen molar-refractivity contribution in [3.8, 4) is 5.75 Å². The van der Waals surface area contributed by atoms with Crippen molar-refractivity contribution in [2.45, 2.75) is 6.92 Å². The lowest BCUT2D eigenvalue weighted by Gasteiger charge is -2.10. The van der Waals surface area contributed by atoms with E-state index < -0.39 is 0 Å². The summed E-state index contributed by atoms with van der Waals surface area (Å²) in [6, 6.07) is 10.6. The molecule has 2 aromatic carbocycles. The second kappa shape index (κ2) is 6.50. The van der Waals surface area contributed by atoms with Crippen LogP contribution in [-0.2, 0) is 0 Å². The molecule has 0 aliphatic rings. The molecule has 2 rings (SSSR count). The first-order valence-corrected chi connectivity index (χ1v) is 6.86. The normalized spacial score (nSPS) is 10.1. The van der Waals surface area contributed by atoms with Crippen molar-refractivity contribution in [1.82, 2.24) is 0 Å². The Labute approximate surface area is 129 Å². The summed E-state index contributed by atoms with van der Waals surface area (Å²) < 4.78 is 5.13. The molecule has 0 fully saturated rings. The van der Waals surface area contributed by atoms with Crippen LogP contribution in [0.3, 0.4) is 0 Å². The van der Waals surface area contributed by atoms with Gasteiger partial charge in [-0.25, -0.2) is 0 Å². The molecule has 2 N–H and O–H groups in total. The maximum atomic E-state index is 12.2. The van der Waals surface area contributed by atoms with Gasteiger partial charge in [0.25, 0.3) is 5.91 Å². The number of amides is 1. The number of ether oxygens (including phenoxy) is 1. The van der Waals surface area contributed by atoms with Gasteiger partial charge in [0.2, 0.25) is 0 Å². The highest BCUT2D eigenvalue weighted by Gasteiger charge is 2.09. The van der Waals surface area contributed by atoms with Gasteiger partial charge in [-0.05, 0) is 42.8 Å². The minimum Gasteiger partial charge on any atom is -0.495 e. The quantitative estimate of drug-likeness (QED) is 0.899. The third-order valence-electron chi connectivity index (χ3n) is 3.17. The zero-order valence-corrected chi connectivity index (χ0v) is 12.9. The fourth-order valence-corrected chi connectivity index (χ4v) is 2.22. The monoisotopic (exact) mass is 304 g/mol. The molecule has 0 aliphatic heterocycles. The van der Waals surface area contributed by atoms with Gasteiger partial charge in [-0.3, -0.25) is 4.79 Å². The molecule has 0 radical (unpaired) electrons. The molecule has 21 heavy (non-hydrogen) atoms. The number of nitrogens with one attached hydrogen (secondary N) is 2. The maximum absolute atomic E-state index is 12.2. The summed E-state index contributed by atoms with van der Waals surface area (Å²) in [5, 5.41) is 6.40. The van der Waals surface area contributed by atoms with Gasteiger partial charge >= 0.3 is 0 Å². The molecule has 2 aromatic rings. The number of anilines is 2. The average molecular weight is 305 g/mol. The second-order valence-corrected chi connectivity index (χ2v) is 4.99. The predicted molar refractivity (Wildman–Crippen MR) is 86.7 cm³/mol. The van der Waals surface area contributed by atoms with E-state index in [1.807, 2.05) is 26.1 Å². The molecule has 0 saturated carbocycles. The van der Waals surface area contributed by atoms with E-state index in [0.717, 1.165) is 11.3 Å². The van der Waals surface area contributed by atoms with Gasteiger partial charge < -0.3 is 15.4 Å². The van der Waals surface area contributed by atoms with Gasteiger partial charge in [-0.1, -0.05) is 11.6 Å². The summed E-state index contributed by atoms with van der Waals surface area (Å²) >= 11 is 5.96. The third kappa shape index (κ3) is 3.47. The molecule has 0 aliphatic carbocycles.